The van der Waals surface area contributed by atoms with E-state index in [1.807, 2.05) is 52.0 Å². The van der Waals surface area contributed by atoms with Crippen LogP contribution in [0.1, 0.15) is 45.7 Å². The lowest BCUT2D eigenvalue weighted by Crippen LogP contribution is -2.21. The fraction of sp³-hybridized carbons (Fsp3) is 0.280. The molecule has 0 aliphatic rings. The van der Waals surface area contributed by atoms with Crippen molar-refractivity contribution >= 4 is 42.5 Å². The standard InChI is InChI=1S/C23H26N5O2P.C2H6/c1-14-7-6-8-16(11-14)21(29)26-17-10-9-15(2)19(12-17)27-22(30)18-13-25-23(31(4)5)28-20(18)24-3;1-2/h6-13H,1-5H3,(H,26,29)(H,27,30)(H,24,25,28);1-2H3. The van der Waals surface area contributed by atoms with Crippen LogP contribution in [0.3, 0.4) is 0 Å². The van der Waals surface area contributed by atoms with Crippen LogP contribution in [0.2, 0.25) is 0 Å². The minimum Gasteiger partial charge on any atom is -0.372 e. The first kappa shape index (κ1) is 25.9. The molecule has 0 fully saturated rings. The van der Waals surface area contributed by atoms with E-state index in [4.69, 9.17) is 0 Å². The summed E-state index contributed by atoms with van der Waals surface area (Å²) in [5, 5.41) is 8.76. The van der Waals surface area contributed by atoms with Gasteiger partial charge in [-0.15, -0.1) is 0 Å². The van der Waals surface area contributed by atoms with Gasteiger partial charge in [0.1, 0.15) is 11.4 Å². The van der Waals surface area contributed by atoms with Gasteiger partial charge in [0, 0.05) is 30.2 Å². The van der Waals surface area contributed by atoms with E-state index < -0.39 is 7.92 Å². The Kier molecular flexibility index (Phi) is 9.49. The number of anilines is 3. The summed E-state index contributed by atoms with van der Waals surface area (Å²) in [6.45, 7) is 11.9. The van der Waals surface area contributed by atoms with Crippen LogP contribution in [0.5, 0.6) is 0 Å². The maximum absolute atomic E-state index is 12.9. The third-order valence-electron chi connectivity index (χ3n) is 4.68. The molecule has 0 aliphatic carbocycles. The Bertz CT molecular complexity index is 1130. The topological polar surface area (TPSA) is 96.0 Å². The zero-order chi connectivity index (χ0) is 24.5. The smallest absolute Gasteiger partial charge is 0.261 e. The second-order valence-electron chi connectivity index (χ2n) is 7.38. The number of amides is 2. The zero-order valence-electron chi connectivity index (χ0n) is 20.3. The van der Waals surface area contributed by atoms with E-state index in [-0.39, 0.29) is 11.8 Å². The zero-order valence-corrected chi connectivity index (χ0v) is 21.2. The predicted molar refractivity (Wildman–Crippen MR) is 140 cm³/mol. The fourth-order valence-electron chi connectivity index (χ4n) is 2.96. The van der Waals surface area contributed by atoms with Crippen molar-refractivity contribution in [2.45, 2.75) is 27.7 Å². The molecule has 1 heterocycles. The van der Waals surface area contributed by atoms with E-state index in [2.05, 4.69) is 39.2 Å². The molecule has 0 bridgehead atoms. The highest BCUT2D eigenvalue weighted by molar-refractivity contribution is 7.63. The summed E-state index contributed by atoms with van der Waals surface area (Å²) in [5.74, 6) is -0.0418. The van der Waals surface area contributed by atoms with Crippen LogP contribution >= 0.6 is 7.92 Å². The quantitative estimate of drug-likeness (QED) is 0.444. The normalized spacial score (nSPS) is 10.2. The lowest BCUT2D eigenvalue weighted by atomic mass is 10.1. The van der Waals surface area contributed by atoms with E-state index in [1.165, 1.54) is 0 Å². The van der Waals surface area contributed by atoms with Gasteiger partial charge in [-0.05, 0) is 64.9 Å². The predicted octanol–water partition coefficient (Wildman–Crippen LogP) is 5.03. The maximum Gasteiger partial charge on any atom is 0.261 e. The Labute approximate surface area is 197 Å². The van der Waals surface area contributed by atoms with Crippen LogP contribution in [0.15, 0.2) is 48.7 Å². The van der Waals surface area contributed by atoms with Crippen LogP contribution in [-0.4, -0.2) is 42.2 Å². The Balaban J connectivity index is 0.00000187. The van der Waals surface area contributed by atoms with Crippen molar-refractivity contribution in [2.24, 2.45) is 0 Å². The Morgan fingerprint density at radius 3 is 2.30 bits per heavy atom. The first-order chi connectivity index (χ1) is 15.8. The van der Waals surface area contributed by atoms with E-state index in [0.29, 0.717) is 28.3 Å². The van der Waals surface area contributed by atoms with Gasteiger partial charge in [0.25, 0.3) is 11.8 Å². The van der Waals surface area contributed by atoms with Crippen molar-refractivity contribution in [3.8, 4) is 0 Å². The Hall–Kier alpha value is -3.31. The second-order valence-corrected chi connectivity index (χ2v) is 9.57. The number of aromatic nitrogens is 2. The largest absolute Gasteiger partial charge is 0.372 e. The van der Waals surface area contributed by atoms with E-state index in [9.17, 15) is 9.59 Å². The number of nitrogens with zero attached hydrogens (tertiary/aromatic N) is 2. The highest BCUT2D eigenvalue weighted by Crippen LogP contribution is 2.24. The summed E-state index contributed by atoms with van der Waals surface area (Å²) in [5.41, 5.74) is 4.74. The summed E-state index contributed by atoms with van der Waals surface area (Å²) >= 11 is 0. The number of carbonyl (C=O) groups excluding carboxylic acids is 2. The molecule has 33 heavy (non-hydrogen) atoms. The van der Waals surface area contributed by atoms with Crippen LogP contribution < -0.4 is 21.5 Å². The first-order valence-electron chi connectivity index (χ1n) is 10.8. The SMILES string of the molecule is CC.CNc1nc(P(C)C)ncc1C(=O)Nc1cc(NC(=O)c2cccc(C)c2)ccc1C. The van der Waals surface area contributed by atoms with Crippen molar-refractivity contribution < 1.29 is 9.59 Å². The summed E-state index contributed by atoms with van der Waals surface area (Å²) in [4.78, 5) is 34.3. The van der Waals surface area contributed by atoms with Crippen molar-refractivity contribution in [2.75, 3.05) is 36.3 Å². The minimum atomic E-state index is -0.471. The minimum absolute atomic E-state index is 0.207. The maximum atomic E-state index is 12.9. The number of aryl methyl sites for hydroxylation is 2. The average molecular weight is 466 g/mol. The summed E-state index contributed by atoms with van der Waals surface area (Å²) in [6, 6.07) is 12.8. The van der Waals surface area contributed by atoms with Crippen molar-refractivity contribution in [3.05, 3.63) is 70.9 Å². The van der Waals surface area contributed by atoms with Gasteiger partial charge in [-0.25, -0.2) is 9.97 Å². The number of hydrogen-bond acceptors (Lipinski definition) is 5. The van der Waals surface area contributed by atoms with Crippen LogP contribution in [-0.2, 0) is 0 Å². The average Bonchev–Trinajstić information content (AvgIpc) is 2.81. The lowest BCUT2D eigenvalue weighted by molar-refractivity contribution is 0.101. The van der Waals surface area contributed by atoms with Gasteiger partial charge in [-0.1, -0.05) is 37.6 Å². The molecule has 3 N–H and O–H groups in total. The highest BCUT2D eigenvalue weighted by Gasteiger charge is 2.17. The first-order valence-corrected chi connectivity index (χ1v) is 13.0. The lowest BCUT2D eigenvalue weighted by Gasteiger charge is -2.14. The highest BCUT2D eigenvalue weighted by atomic mass is 31.1. The molecular weight excluding hydrogens is 433 g/mol. The van der Waals surface area contributed by atoms with E-state index >= 15 is 0 Å². The molecule has 0 saturated carbocycles. The molecule has 2 amide bonds. The third kappa shape index (κ3) is 6.83. The van der Waals surface area contributed by atoms with Gasteiger partial charge in [0.2, 0.25) is 0 Å². The summed E-state index contributed by atoms with van der Waals surface area (Å²) in [6.07, 6.45) is 1.55. The van der Waals surface area contributed by atoms with Crippen LogP contribution in [0, 0.1) is 13.8 Å². The number of hydrogen-bond donors (Lipinski definition) is 3. The molecule has 2 aromatic carbocycles. The van der Waals surface area contributed by atoms with Crippen LogP contribution in [0.4, 0.5) is 17.2 Å². The van der Waals surface area contributed by atoms with Gasteiger partial charge in [0.15, 0.2) is 5.57 Å². The molecule has 0 radical (unpaired) electrons. The molecule has 0 spiro atoms. The molecule has 0 saturated heterocycles. The number of rotatable bonds is 6. The van der Waals surface area contributed by atoms with Crippen LogP contribution in [0.25, 0.3) is 0 Å². The molecule has 7 nitrogen and oxygen atoms in total. The van der Waals surface area contributed by atoms with Gasteiger partial charge in [-0.3, -0.25) is 9.59 Å². The van der Waals surface area contributed by atoms with Crippen molar-refractivity contribution in [3.63, 3.8) is 0 Å². The fourth-order valence-corrected chi connectivity index (χ4v) is 3.55. The molecule has 0 aliphatic heterocycles. The summed E-state index contributed by atoms with van der Waals surface area (Å²) < 4.78 is 0. The number of carbonyl (C=O) groups is 2. The molecule has 0 atom stereocenters. The molecule has 3 aromatic rings. The number of nitrogens with one attached hydrogen (secondary N) is 3. The number of benzene rings is 2. The van der Waals surface area contributed by atoms with Crippen molar-refractivity contribution in [1.29, 1.82) is 0 Å². The van der Waals surface area contributed by atoms with Gasteiger partial charge < -0.3 is 16.0 Å². The monoisotopic (exact) mass is 465 g/mol. The summed E-state index contributed by atoms with van der Waals surface area (Å²) in [7, 11) is 1.25. The van der Waals surface area contributed by atoms with Crippen molar-refractivity contribution in [1.82, 2.24) is 9.97 Å². The molecule has 1 aromatic heterocycles. The van der Waals surface area contributed by atoms with Gasteiger partial charge >= 0.3 is 0 Å². The Morgan fingerprint density at radius 2 is 1.67 bits per heavy atom. The molecular formula is C25H32N5O2P. The second kappa shape index (κ2) is 12.1. The Morgan fingerprint density at radius 1 is 0.939 bits per heavy atom. The van der Waals surface area contributed by atoms with E-state index in [1.54, 1.807) is 31.4 Å². The molecule has 8 heteroatoms. The van der Waals surface area contributed by atoms with Gasteiger partial charge in [-0.2, -0.15) is 0 Å². The molecule has 3 rings (SSSR count). The third-order valence-corrected chi connectivity index (χ3v) is 5.70. The van der Waals surface area contributed by atoms with E-state index in [0.717, 1.165) is 16.7 Å². The molecule has 174 valence electrons. The molecule has 0 unspecified atom stereocenters. The van der Waals surface area contributed by atoms with Gasteiger partial charge in [0.05, 0.1) is 0 Å².